The highest BCUT2D eigenvalue weighted by atomic mass is 35.5. The van der Waals surface area contributed by atoms with Crippen molar-refractivity contribution in [2.45, 2.75) is 24.4 Å². The lowest BCUT2D eigenvalue weighted by atomic mass is 10.1. The first-order valence-electron chi connectivity index (χ1n) is 9.68. The Morgan fingerprint density at radius 1 is 1.06 bits per heavy atom. The fourth-order valence-corrected chi connectivity index (χ4v) is 4.34. The average Bonchev–Trinajstić information content (AvgIpc) is 2.78. The molecule has 0 bridgehead atoms. The van der Waals surface area contributed by atoms with Crippen molar-refractivity contribution in [2.24, 2.45) is 0 Å². The average molecular weight is 477 g/mol. The molecule has 0 aliphatic heterocycles. The molecule has 1 amide bonds. The predicted octanol–water partition coefficient (Wildman–Crippen LogP) is 4.46. The number of carbonyl (C=O) groups is 1. The van der Waals surface area contributed by atoms with Gasteiger partial charge < -0.3 is 10.1 Å². The standard InChI is InChI=1S/C23H22ClFN2O4S/c1-15(17-5-10-20(25)11-6-17)27-23(28)18-7-12-21(31-2)22(13-18)32(29,30)26-14-16-3-8-19(24)9-4-16/h3-13,15,26H,14H2,1-2H3,(H,27,28). The van der Waals surface area contributed by atoms with E-state index in [0.29, 0.717) is 10.6 Å². The first kappa shape index (κ1) is 23.7. The topological polar surface area (TPSA) is 84.5 Å². The van der Waals surface area contributed by atoms with Gasteiger partial charge in [0.2, 0.25) is 10.0 Å². The normalized spacial score (nSPS) is 12.2. The molecule has 1 atom stereocenters. The highest BCUT2D eigenvalue weighted by Gasteiger charge is 2.22. The van der Waals surface area contributed by atoms with Crippen LogP contribution in [0.25, 0.3) is 0 Å². The Hall–Kier alpha value is -2.94. The van der Waals surface area contributed by atoms with Crippen molar-refractivity contribution in [1.82, 2.24) is 10.0 Å². The summed E-state index contributed by atoms with van der Waals surface area (Å²) in [5.74, 6) is -0.737. The van der Waals surface area contributed by atoms with Crippen LogP contribution in [0.3, 0.4) is 0 Å². The predicted molar refractivity (Wildman–Crippen MR) is 121 cm³/mol. The Kier molecular flexibility index (Phi) is 7.50. The molecule has 0 saturated carbocycles. The van der Waals surface area contributed by atoms with Gasteiger partial charge in [-0.1, -0.05) is 35.9 Å². The van der Waals surface area contributed by atoms with Crippen LogP contribution in [0.2, 0.25) is 5.02 Å². The van der Waals surface area contributed by atoms with Gasteiger partial charge in [0.05, 0.1) is 13.2 Å². The summed E-state index contributed by atoms with van der Waals surface area (Å²) in [6.07, 6.45) is 0. The van der Waals surface area contributed by atoms with E-state index in [1.165, 1.54) is 37.4 Å². The summed E-state index contributed by atoms with van der Waals surface area (Å²) in [5.41, 5.74) is 1.58. The van der Waals surface area contributed by atoms with Crippen molar-refractivity contribution < 1.29 is 22.3 Å². The molecule has 3 aromatic rings. The van der Waals surface area contributed by atoms with Crippen LogP contribution in [0.15, 0.2) is 71.6 Å². The molecule has 3 rings (SSSR count). The molecule has 32 heavy (non-hydrogen) atoms. The monoisotopic (exact) mass is 476 g/mol. The van der Waals surface area contributed by atoms with Gasteiger partial charge in [-0.3, -0.25) is 4.79 Å². The quantitative estimate of drug-likeness (QED) is 0.503. The first-order valence-corrected chi connectivity index (χ1v) is 11.5. The van der Waals surface area contributed by atoms with E-state index in [0.717, 1.165) is 5.56 Å². The number of amides is 1. The van der Waals surface area contributed by atoms with Gasteiger partial charge >= 0.3 is 0 Å². The number of hydrogen-bond acceptors (Lipinski definition) is 4. The van der Waals surface area contributed by atoms with Crippen LogP contribution >= 0.6 is 11.6 Å². The molecule has 0 aliphatic carbocycles. The highest BCUT2D eigenvalue weighted by Crippen LogP contribution is 2.26. The van der Waals surface area contributed by atoms with Crippen molar-refractivity contribution in [2.75, 3.05) is 7.11 Å². The molecule has 0 fully saturated rings. The molecule has 3 aromatic carbocycles. The van der Waals surface area contributed by atoms with Crippen molar-refractivity contribution >= 4 is 27.5 Å². The van der Waals surface area contributed by atoms with E-state index in [-0.39, 0.29) is 28.6 Å². The lowest BCUT2D eigenvalue weighted by Gasteiger charge is -2.16. The highest BCUT2D eigenvalue weighted by molar-refractivity contribution is 7.89. The number of hydrogen-bond donors (Lipinski definition) is 2. The van der Waals surface area contributed by atoms with Gasteiger partial charge in [0.25, 0.3) is 5.91 Å². The van der Waals surface area contributed by atoms with E-state index in [1.807, 2.05) is 0 Å². The molecule has 1 unspecified atom stereocenters. The Balaban J connectivity index is 1.79. The Labute approximate surface area is 191 Å². The van der Waals surface area contributed by atoms with Gasteiger partial charge in [0.15, 0.2) is 0 Å². The molecule has 0 aromatic heterocycles. The number of rotatable bonds is 8. The lowest BCUT2D eigenvalue weighted by Crippen LogP contribution is -2.28. The zero-order valence-corrected chi connectivity index (χ0v) is 19.0. The van der Waals surface area contributed by atoms with Crippen LogP contribution < -0.4 is 14.8 Å². The van der Waals surface area contributed by atoms with Gasteiger partial charge in [-0.05, 0) is 60.5 Å². The number of methoxy groups -OCH3 is 1. The third-order valence-corrected chi connectivity index (χ3v) is 6.49. The summed E-state index contributed by atoms with van der Waals surface area (Å²) in [4.78, 5) is 12.6. The maximum Gasteiger partial charge on any atom is 0.251 e. The Morgan fingerprint density at radius 2 is 1.72 bits per heavy atom. The lowest BCUT2D eigenvalue weighted by molar-refractivity contribution is 0.0939. The fourth-order valence-electron chi connectivity index (χ4n) is 3.00. The van der Waals surface area contributed by atoms with E-state index in [1.54, 1.807) is 43.3 Å². The van der Waals surface area contributed by atoms with E-state index in [2.05, 4.69) is 10.0 Å². The van der Waals surface area contributed by atoms with E-state index < -0.39 is 22.0 Å². The van der Waals surface area contributed by atoms with Crippen LogP contribution in [-0.2, 0) is 16.6 Å². The van der Waals surface area contributed by atoms with Gasteiger partial charge in [0, 0.05) is 17.1 Å². The second-order valence-electron chi connectivity index (χ2n) is 7.06. The number of halogens is 2. The third-order valence-electron chi connectivity index (χ3n) is 4.81. The Bertz CT molecular complexity index is 1200. The first-order chi connectivity index (χ1) is 15.2. The molecule has 2 N–H and O–H groups in total. The number of nitrogens with one attached hydrogen (secondary N) is 2. The van der Waals surface area contributed by atoms with E-state index in [9.17, 15) is 17.6 Å². The van der Waals surface area contributed by atoms with Crippen LogP contribution in [-0.4, -0.2) is 21.4 Å². The van der Waals surface area contributed by atoms with Gasteiger partial charge in [-0.2, -0.15) is 0 Å². The van der Waals surface area contributed by atoms with Crippen LogP contribution in [0.1, 0.15) is 34.5 Å². The molecule has 0 aliphatic rings. The van der Waals surface area contributed by atoms with Crippen molar-refractivity contribution in [1.29, 1.82) is 0 Å². The number of sulfonamides is 1. The molecule has 0 saturated heterocycles. The summed E-state index contributed by atoms with van der Waals surface area (Å²) in [6.45, 7) is 1.79. The molecular weight excluding hydrogens is 455 g/mol. The molecule has 168 valence electrons. The molecule has 0 spiro atoms. The minimum absolute atomic E-state index is 0.0423. The van der Waals surface area contributed by atoms with Crippen molar-refractivity contribution in [3.63, 3.8) is 0 Å². The Morgan fingerprint density at radius 3 is 2.34 bits per heavy atom. The maximum atomic E-state index is 13.1. The summed E-state index contributed by atoms with van der Waals surface area (Å²) >= 11 is 5.86. The molecular formula is C23H22ClFN2O4S. The summed E-state index contributed by atoms with van der Waals surface area (Å²) in [6, 6.07) is 16.3. The van der Waals surface area contributed by atoms with Gasteiger partial charge in [-0.15, -0.1) is 0 Å². The van der Waals surface area contributed by atoms with Crippen molar-refractivity contribution in [3.8, 4) is 5.75 Å². The smallest absolute Gasteiger partial charge is 0.251 e. The van der Waals surface area contributed by atoms with Gasteiger partial charge in [-0.25, -0.2) is 17.5 Å². The third kappa shape index (κ3) is 5.85. The summed E-state index contributed by atoms with van der Waals surface area (Å²) in [7, 11) is -2.63. The second-order valence-corrected chi connectivity index (χ2v) is 9.24. The largest absolute Gasteiger partial charge is 0.495 e. The van der Waals surface area contributed by atoms with E-state index >= 15 is 0 Å². The number of ether oxygens (including phenoxy) is 1. The molecule has 0 heterocycles. The number of carbonyl (C=O) groups excluding carboxylic acids is 1. The zero-order valence-electron chi connectivity index (χ0n) is 17.4. The maximum absolute atomic E-state index is 13.1. The molecule has 0 radical (unpaired) electrons. The van der Waals surface area contributed by atoms with E-state index in [4.69, 9.17) is 16.3 Å². The molecule has 9 heteroatoms. The van der Waals surface area contributed by atoms with Crippen LogP contribution in [0.5, 0.6) is 5.75 Å². The summed E-state index contributed by atoms with van der Waals surface area (Å²) in [5, 5.41) is 3.33. The fraction of sp³-hybridized carbons (Fsp3) is 0.174. The number of benzene rings is 3. The van der Waals surface area contributed by atoms with Crippen molar-refractivity contribution in [3.05, 3.63) is 94.3 Å². The SMILES string of the molecule is COc1ccc(C(=O)NC(C)c2ccc(F)cc2)cc1S(=O)(=O)NCc1ccc(Cl)cc1. The summed E-state index contributed by atoms with van der Waals surface area (Å²) < 4.78 is 46.7. The minimum atomic E-state index is -3.98. The van der Waals surface area contributed by atoms with Crippen LogP contribution in [0, 0.1) is 5.82 Å². The minimum Gasteiger partial charge on any atom is -0.495 e. The zero-order chi connectivity index (χ0) is 23.3. The van der Waals surface area contributed by atoms with Gasteiger partial charge in [0.1, 0.15) is 16.5 Å². The van der Waals surface area contributed by atoms with Crippen LogP contribution in [0.4, 0.5) is 4.39 Å². The second kappa shape index (κ2) is 10.1. The molecule has 6 nitrogen and oxygen atoms in total.